The Morgan fingerprint density at radius 3 is 1.90 bits per heavy atom. The average Bonchev–Trinajstić information content (AvgIpc) is 2.38. The minimum absolute atomic E-state index is 0.127. The van der Waals surface area contributed by atoms with Gasteiger partial charge in [0, 0.05) is 12.7 Å². The van der Waals surface area contributed by atoms with Crippen molar-refractivity contribution in [2.45, 2.75) is 60.8 Å². The molecule has 0 saturated carbocycles. The van der Waals surface area contributed by atoms with E-state index in [1.807, 2.05) is 27.0 Å². The third-order valence-corrected chi connectivity index (χ3v) is 4.43. The lowest BCUT2D eigenvalue weighted by atomic mass is 9.65. The number of anilines is 1. The van der Waals surface area contributed by atoms with Crippen molar-refractivity contribution in [3.63, 3.8) is 0 Å². The van der Waals surface area contributed by atoms with E-state index in [1.165, 1.54) is 22.4 Å². The van der Waals surface area contributed by atoms with Crippen LogP contribution in [0.4, 0.5) is 5.69 Å². The molecule has 0 bridgehead atoms. The second-order valence-corrected chi connectivity index (χ2v) is 6.59. The zero-order valence-corrected chi connectivity index (χ0v) is 14.9. The number of aryl methyl sites for hydroxylation is 1. The summed E-state index contributed by atoms with van der Waals surface area (Å²) in [5.41, 5.74) is 5.37. The fraction of sp³-hybridized carbons (Fsp3) is 0.579. The normalized spacial score (nSPS) is 11.4. The Labute approximate surface area is 126 Å². The monoisotopic (exact) mass is 275 g/mol. The lowest BCUT2D eigenvalue weighted by Crippen LogP contribution is -2.34. The SMILES string of the molecule is C=Cc1cc(C(C)(C)C(C)(C)C)cc(C)c1NC.CC. The molecule has 0 spiro atoms. The number of nitrogens with one attached hydrogen (secondary N) is 1. The van der Waals surface area contributed by atoms with Crippen LogP contribution in [0.3, 0.4) is 0 Å². The molecule has 1 N–H and O–H groups in total. The van der Waals surface area contributed by atoms with Crippen LogP contribution in [-0.4, -0.2) is 7.05 Å². The first-order valence-electron chi connectivity index (χ1n) is 7.60. The second kappa shape index (κ2) is 6.97. The van der Waals surface area contributed by atoms with Crippen LogP contribution in [0.25, 0.3) is 6.08 Å². The summed E-state index contributed by atoms with van der Waals surface area (Å²) in [6.45, 7) is 21.6. The van der Waals surface area contributed by atoms with Gasteiger partial charge in [0.25, 0.3) is 0 Å². The van der Waals surface area contributed by atoms with Gasteiger partial charge in [0.2, 0.25) is 0 Å². The number of hydrogen-bond donors (Lipinski definition) is 1. The molecule has 0 fully saturated rings. The largest absolute Gasteiger partial charge is 0.387 e. The fourth-order valence-corrected chi connectivity index (χ4v) is 2.11. The summed E-state index contributed by atoms with van der Waals surface area (Å²) in [6.07, 6.45) is 1.93. The standard InChI is InChI=1S/C17H27N.C2H6/c1-9-13-11-14(10-12(2)15(13)18-8)17(6,7)16(3,4)5;1-2/h9-11,18H,1H2,2-8H3;1-2H3. The van der Waals surface area contributed by atoms with Gasteiger partial charge in [-0.25, -0.2) is 0 Å². The van der Waals surface area contributed by atoms with Crippen LogP contribution in [0.15, 0.2) is 18.7 Å². The highest BCUT2D eigenvalue weighted by Gasteiger charge is 2.34. The van der Waals surface area contributed by atoms with Crippen molar-refractivity contribution < 1.29 is 0 Å². The molecular formula is C19H33N. The maximum Gasteiger partial charge on any atom is 0.0440 e. The molecule has 1 aromatic rings. The number of hydrogen-bond acceptors (Lipinski definition) is 1. The van der Waals surface area contributed by atoms with Crippen LogP contribution < -0.4 is 5.32 Å². The Morgan fingerprint density at radius 1 is 1.05 bits per heavy atom. The van der Waals surface area contributed by atoms with E-state index in [0.717, 1.165) is 0 Å². The quantitative estimate of drug-likeness (QED) is 0.710. The van der Waals surface area contributed by atoms with Gasteiger partial charge in [0.05, 0.1) is 0 Å². The first-order valence-corrected chi connectivity index (χ1v) is 7.60. The van der Waals surface area contributed by atoms with E-state index < -0.39 is 0 Å². The van der Waals surface area contributed by atoms with Crippen LogP contribution in [0.5, 0.6) is 0 Å². The predicted molar refractivity (Wildman–Crippen MR) is 94.6 cm³/mol. The van der Waals surface area contributed by atoms with Gasteiger partial charge in [0.1, 0.15) is 0 Å². The molecule has 0 radical (unpaired) electrons. The first-order chi connectivity index (χ1) is 9.15. The Kier molecular flexibility index (Phi) is 6.53. The fourth-order valence-electron chi connectivity index (χ4n) is 2.11. The van der Waals surface area contributed by atoms with Gasteiger partial charge < -0.3 is 5.32 Å². The summed E-state index contributed by atoms with van der Waals surface area (Å²) >= 11 is 0. The molecule has 0 saturated heterocycles. The second-order valence-electron chi connectivity index (χ2n) is 6.59. The molecule has 0 aliphatic carbocycles. The van der Waals surface area contributed by atoms with Crippen molar-refractivity contribution >= 4 is 11.8 Å². The van der Waals surface area contributed by atoms with Gasteiger partial charge in [-0.3, -0.25) is 0 Å². The van der Waals surface area contributed by atoms with E-state index >= 15 is 0 Å². The van der Waals surface area contributed by atoms with Gasteiger partial charge in [-0.1, -0.05) is 67.2 Å². The van der Waals surface area contributed by atoms with E-state index in [9.17, 15) is 0 Å². The van der Waals surface area contributed by atoms with Gasteiger partial charge in [-0.2, -0.15) is 0 Å². The third-order valence-electron chi connectivity index (χ3n) is 4.43. The predicted octanol–water partition coefficient (Wildman–Crippen LogP) is 6.03. The molecule has 114 valence electrons. The minimum atomic E-state index is 0.127. The maximum absolute atomic E-state index is 3.93. The lowest BCUT2D eigenvalue weighted by molar-refractivity contribution is 0.225. The molecule has 0 unspecified atom stereocenters. The Hall–Kier alpha value is -1.24. The highest BCUT2D eigenvalue weighted by molar-refractivity contribution is 5.70. The van der Waals surface area contributed by atoms with E-state index in [2.05, 4.69) is 65.6 Å². The summed E-state index contributed by atoms with van der Waals surface area (Å²) in [5, 5.41) is 3.26. The molecule has 0 aliphatic rings. The molecule has 1 rings (SSSR count). The molecular weight excluding hydrogens is 242 g/mol. The molecule has 20 heavy (non-hydrogen) atoms. The number of rotatable bonds is 3. The van der Waals surface area contributed by atoms with Crippen molar-refractivity contribution in [2.24, 2.45) is 5.41 Å². The van der Waals surface area contributed by atoms with Crippen molar-refractivity contribution in [3.05, 3.63) is 35.4 Å². The topological polar surface area (TPSA) is 12.0 Å². The highest BCUT2D eigenvalue weighted by Crippen LogP contribution is 2.42. The molecule has 0 heterocycles. The van der Waals surface area contributed by atoms with Gasteiger partial charge in [-0.05, 0) is 40.5 Å². The van der Waals surface area contributed by atoms with Crippen LogP contribution >= 0.6 is 0 Å². The van der Waals surface area contributed by atoms with Crippen molar-refractivity contribution in [3.8, 4) is 0 Å². The summed E-state index contributed by atoms with van der Waals surface area (Å²) in [5.74, 6) is 0. The van der Waals surface area contributed by atoms with Crippen LogP contribution in [0, 0.1) is 12.3 Å². The maximum atomic E-state index is 3.93. The molecule has 1 aromatic carbocycles. The minimum Gasteiger partial charge on any atom is -0.387 e. The van der Waals surface area contributed by atoms with E-state index in [1.54, 1.807) is 0 Å². The Morgan fingerprint density at radius 2 is 1.55 bits per heavy atom. The third kappa shape index (κ3) is 3.65. The average molecular weight is 275 g/mol. The Balaban J connectivity index is 0.00000172. The summed E-state index contributed by atoms with van der Waals surface area (Å²) < 4.78 is 0. The summed E-state index contributed by atoms with van der Waals surface area (Å²) in [4.78, 5) is 0. The molecule has 1 heteroatoms. The van der Waals surface area contributed by atoms with E-state index in [-0.39, 0.29) is 10.8 Å². The van der Waals surface area contributed by atoms with Crippen molar-refractivity contribution in [1.82, 2.24) is 0 Å². The van der Waals surface area contributed by atoms with Crippen molar-refractivity contribution in [1.29, 1.82) is 0 Å². The van der Waals surface area contributed by atoms with Crippen LogP contribution in [0.2, 0.25) is 0 Å². The zero-order chi connectivity index (χ0) is 16.1. The first kappa shape index (κ1) is 18.8. The molecule has 1 nitrogen and oxygen atoms in total. The lowest BCUT2D eigenvalue weighted by Gasteiger charge is -2.40. The van der Waals surface area contributed by atoms with Gasteiger partial charge in [0.15, 0.2) is 0 Å². The van der Waals surface area contributed by atoms with E-state index in [0.29, 0.717) is 0 Å². The molecule has 0 atom stereocenters. The Bertz CT molecular complexity index is 448. The number of benzene rings is 1. The highest BCUT2D eigenvalue weighted by atomic mass is 14.8. The van der Waals surface area contributed by atoms with Crippen LogP contribution in [0.1, 0.15) is 65.2 Å². The molecule has 0 amide bonds. The molecule has 0 aliphatic heterocycles. The summed E-state index contributed by atoms with van der Waals surface area (Å²) in [6, 6.07) is 4.56. The van der Waals surface area contributed by atoms with Crippen molar-refractivity contribution in [2.75, 3.05) is 12.4 Å². The smallest absolute Gasteiger partial charge is 0.0440 e. The summed E-state index contributed by atoms with van der Waals surface area (Å²) in [7, 11) is 1.96. The van der Waals surface area contributed by atoms with Gasteiger partial charge >= 0.3 is 0 Å². The van der Waals surface area contributed by atoms with Gasteiger partial charge in [-0.15, -0.1) is 0 Å². The van der Waals surface area contributed by atoms with Crippen LogP contribution in [-0.2, 0) is 5.41 Å². The zero-order valence-electron chi connectivity index (χ0n) is 14.9. The molecule has 0 aromatic heterocycles. The van der Waals surface area contributed by atoms with E-state index in [4.69, 9.17) is 0 Å².